The summed E-state index contributed by atoms with van der Waals surface area (Å²) in [7, 11) is 1.63. The maximum Gasteiger partial charge on any atom is 0.242 e. The van der Waals surface area contributed by atoms with Crippen LogP contribution in [-0.4, -0.2) is 36.4 Å². The van der Waals surface area contributed by atoms with E-state index in [4.69, 9.17) is 4.74 Å². The minimum absolute atomic E-state index is 0.0504. The number of rotatable bonds is 10. The Morgan fingerprint density at radius 1 is 1.00 bits per heavy atom. The normalized spacial score (nSPS) is 11.8. The van der Waals surface area contributed by atoms with Crippen LogP contribution in [-0.2, 0) is 22.6 Å². The summed E-state index contributed by atoms with van der Waals surface area (Å²) >= 11 is 0. The molecule has 0 aliphatic carbocycles. The van der Waals surface area contributed by atoms with Crippen molar-refractivity contribution in [3.05, 3.63) is 64.7 Å². The molecular weight excluding hydrogens is 388 g/mol. The number of nitrogens with one attached hydrogen (secondary N) is 1. The van der Waals surface area contributed by atoms with Gasteiger partial charge in [0.2, 0.25) is 11.8 Å². The van der Waals surface area contributed by atoms with Crippen LogP contribution in [0.1, 0.15) is 49.4 Å². The molecule has 168 valence electrons. The summed E-state index contributed by atoms with van der Waals surface area (Å²) < 4.78 is 5.24. The lowest BCUT2D eigenvalue weighted by Crippen LogP contribution is -2.50. The van der Waals surface area contributed by atoms with E-state index in [9.17, 15) is 9.59 Å². The number of ether oxygens (including phenoxy) is 1. The van der Waals surface area contributed by atoms with E-state index in [2.05, 4.69) is 32.2 Å². The van der Waals surface area contributed by atoms with Crippen LogP contribution >= 0.6 is 0 Å². The molecule has 5 heteroatoms. The third-order valence-corrected chi connectivity index (χ3v) is 5.51. The molecule has 0 bridgehead atoms. The highest BCUT2D eigenvalue weighted by atomic mass is 16.5. The Labute approximate surface area is 186 Å². The zero-order valence-corrected chi connectivity index (χ0v) is 19.7. The van der Waals surface area contributed by atoms with E-state index in [1.165, 1.54) is 5.56 Å². The van der Waals surface area contributed by atoms with Gasteiger partial charge in [-0.1, -0.05) is 51.1 Å². The number of aryl methyl sites for hydroxylation is 2. The summed E-state index contributed by atoms with van der Waals surface area (Å²) in [5, 5.41) is 3.00. The highest BCUT2D eigenvalue weighted by molar-refractivity contribution is 5.88. The average molecular weight is 425 g/mol. The fraction of sp³-hybridized carbons (Fsp3) is 0.462. The maximum absolute atomic E-state index is 13.4. The Morgan fingerprint density at radius 3 is 2.19 bits per heavy atom. The monoisotopic (exact) mass is 424 g/mol. The Morgan fingerprint density at radius 2 is 1.65 bits per heavy atom. The number of nitrogens with zero attached hydrogens (tertiary/aromatic N) is 1. The summed E-state index contributed by atoms with van der Waals surface area (Å²) in [6, 6.07) is 13.2. The fourth-order valence-electron chi connectivity index (χ4n) is 3.46. The molecule has 0 spiro atoms. The molecule has 0 radical (unpaired) electrons. The third kappa shape index (κ3) is 7.12. The average Bonchev–Trinajstić information content (AvgIpc) is 2.75. The smallest absolute Gasteiger partial charge is 0.242 e. The molecule has 31 heavy (non-hydrogen) atoms. The van der Waals surface area contributed by atoms with Crippen LogP contribution in [0.2, 0.25) is 0 Å². The third-order valence-electron chi connectivity index (χ3n) is 5.51. The summed E-state index contributed by atoms with van der Waals surface area (Å²) in [6.45, 7) is 11.1. The van der Waals surface area contributed by atoms with Gasteiger partial charge in [0.05, 0.1) is 13.5 Å². The first-order valence-electron chi connectivity index (χ1n) is 11.0. The maximum atomic E-state index is 13.4. The molecule has 2 amide bonds. The van der Waals surface area contributed by atoms with Crippen molar-refractivity contribution < 1.29 is 14.3 Å². The first kappa shape index (κ1) is 24.4. The van der Waals surface area contributed by atoms with Gasteiger partial charge in [0.15, 0.2) is 0 Å². The van der Waals surface area contributed by atoms with Gasteiger partial charge in [-0.3, -0.25) is 9.59 Å². The largest absolute Gasteiger partial charge is 0.497 e. The summed E-state index contributed by atoms with van der Waals surface area (Å²) in [4.78, 5) is 28.1. The molecule has 0 fully saturated rings. The zero-order valence-electron chi connectivity index (χ0n) is 19.7. The second-order valence-corrected chi connectivity index (χ2v) is 8.53. The van der Waals surface area contributed by atoms with Crippen LogP contribution in [0.15, 0.2) is 42.5 Å². The van der Waals surface area contributed by atoms with E-state index in [1.54, 1.807) is 12.0 Å². The van der Waals surface area contributed by atoms with Crippen molar-refractivity contribution >= 4 is 11.8 Å². The lowest BCUT2D eigenvalue weighted by molar-refractivity contribution is -0.141. The topological polar surface area (TPSA) is 58.6 Å². The molecule has 1 unspecified atom stereocenters. The van der Waals surface area contributed by atoms with Gasteiger partial charge in [-0.15, -0.1) is 0 Å². The summed E-state index contributed by atoms with van der Waals surface area (Å²) in [6.07, 6.45) is 0.823. The molecule has 5 nitrogen and oxygen atoms in total. The fourth-order valence-corrected chi connectivity index (χ4v) is 3.46. The Bertz CT molecular complexity index is 875. The summed E-state index contributed by atoms with van der Waals surface area (Å²) in [5.74, 6) is 0.963. The minimum Gasteiger partial charge on any atom is -0.497 e. The second-order valence-electron chi connectivity index (χ2n) is 8.53. The molecule has 0 aliphatic rings. The predicted octanol–water partition coefficient (Wildman–Crippen LogP) is 4.43. The Hall–Kier alpha value is -2.82. The van der Waals surface area contributed by atoms with E-state index in [0.29, 0.717) is 25.4 Å². The Kier molecular flexibility index (Phi) is 9.10. The van der Waals surface area contributed by atoms with Crippen molar-refractivity contribution in [1.82, 2.24) is 10.2 Å². The van der Waals surface area contributed by atoms with Crippen LogP contribution in [0.25, 0.3) is 0 Å². The molecule has 0 saturated carbocycles. The number of hydrogen-bond donors (Lipinski definition) is 1. The van der Waals surface area contributed by atoms with Crippen LogP contribution in [0.4, 0.5) is 0 Å². The number of carbonyl (C=O) groups is 2. The SMILES string of the molecule is CCC(C(=O)NCC(C)C)N(Cc1ccc(OC)cc1)C(=O)Cc1ccc(C)c(C)c1. The van der Waals surface area contributed by atoms with Crippen molar-refractivity contribution in [2.75, 3.05) is 13.7 Å². The van der Waals surface area contributed by atoms with Crippen LogP contribution in [0, 0.1) is 19.8 Å². The predicted molar refractivity (Wildman–Crippen MR) is 125 cm³/mol. The van der Waals surface area contributed by atoms with Gasteiger partial charge >= 0.3 is 0 Å². The van der Waals surface area contributed by atoms with Crippen LogP contribution < -0.4 is 10.1 Å². The second kappa shape index (κ2) is 11.5. The molecule has 2 rings (SSSR count). The van der Waals surface area contributed by atoms with Crippen molar-refractivity contribution in [2.24, 2.45) is 5.92 Å². The molecule has 0 heterocycles. The van der Waals surface area contributed by atoms with Crippen molar-refractivity contribution in [2.45, 2.75) is 60.0 Å². The minimum atomic E-state index is -0.514. The number of carbonyl (C=O) groups excluding carboxylic acids is 2. The molecule has 0 aliphatic heterocycles. The van der Waals surface area contributed by atoms with Crippen molar-refractivity contribution in [1.29, 1.82) is 0 Å². The number of amides is 2. The highest BCUT2D eigenvalue weighted by Crippen LogP contribution is 2.18. The molecule has 2 aromatic rings. The van der Waals surface area contributed by atoms with Gasteiger partial charge in [-0.05, 0) is 60.6 Å². The molecule has 1 atom stereocenters. The number of methoxy groups -OCH3 is 1. The van der Waals surface area contributed by atoms with Crippen molar-refractivity contribution in [3.63, 3.8) is 0 Å². The van der Waals surface area contributed by atoms with Crippen LogP contribution in [0.3, 0.4) is 0 Å². The molecule has 0 saturated heterocycles. The van der Waals surface area contributed by atoms with E-state index >= 15 is 0 Å². The standard InChI is InChI=1S/C26H36N2O3/c1-7-24(26(30)27-16-18(2)3)28(17-21-10-12-23(31-6)13-11-21)25(29)15-22-9-8-19(4)20(5)14-22/h8-14,18,24H,7,15-17H2,1-6H3,(H,27,30). The van der Waals surface area contributed by atoms with Gasteiger partial charge in [0, 0.05) is 13.1 Å². The first-order valence-corrected chi connectivity index (χ1v) is 11.0. The van der Waals surface area contributed by atoms with E-state index in [1.807, 2.05) is 50.2 Å². The molecule has 1 N–H and O–H groups in total. The molecule has 2 aromatic carbocycles. The van der Waals surface area contributed by atoms with Crippen molar-refractivity contribution in [3.8, 4) is 5.75 Å². The lowest BCUT2D eigenvalue weighted by atomic mass is 10.0. The number of hydrogen-bond acceptors (Lipinski definition) is 3. The van der Waals surface area contributed by atoms with Gasteiger partial charge < -0.3 is 15.0 Å². The highest BCUT2D eigenvalue weighted by Gasteiger charge is 2.28. The molecular formula is C26H36N2O3. The molecule has 0 aromatic heterocycles. The zero-order chi connectivity index (χ0) is 23.0. The van der Waals surface area contributed by atoms with E-state index < -0.39 is 6.04 Å². The number of benzene rings is 2. The lowest BCUT2D eigenvalue weighted by Gasteiger charge is -2.31. The van der Waals surface area contributed by atoms with E-state index in [0.717, 1.165) is 22.4 Å². The summed E-state index contributed by atoms with van der Waals surface area (Å²) in [5.41, 5.74) is 4.29. The Balaban J connectivity index is 2.28. The van der Waals surface area contributed by atoms with Gasteiger partial charge in [0.25, 0.3) is 0 Å². The van der Waals surface area contributed by atoms with Crippen LogP contribution in [0.5, 0.6) is 5.75 Å². The van der Waals surface area contributed by atoms with Gasteiger partial charge in [-0.2, -0.15) is 0 Å². The van der Waals surface area contributed by atoms with Gasteiger partial charge in [-0.25, -0.2) is 0 Å². The van der Waals surface area contributed by atoms with Gasteiger partial charge in [0.1, 0.15) is 11.8 Å². The van der Waals surface area contributed by atoms with E-state index in [-0.39, 0.29) is 18.2 Å². The quantitative estimate of drug-likeness (QED) is 0.614. The first-order chi connectivity index (χ1) is 14.7.